The van der Waals surface area contributed by atoms with Gasteiger partial charge in [-0.3, -0.25) is 0 Å². The summed E-state index contributed by atoms with van der Waals surface area (Å²) in [5.41, 5.74) is 3.65. The first-order valence-corrected chi connectivity index (χ1v) is 6.49. The van der Waals surface area contributed by atoms with Crippen LogP contribution in [0, 0.1) is 50.2 Å². The molecule has 0 heterocycles. The van der Waals surface area contributed by atoms with Crippen LogP contribution in [0.15, 0.2) is 42.0 Å². The fourth-order valence-electron chi connectivity index (χ4n) is 2.11. The van der Waals surface area contributed by atoms with Gasteiger partial charge in [-0.25, -0.2) is 7.11 Å². The Balaban J connectivity index is 0.000000830. The predicted octanol–water partition coefficient (Wildman–Crippen LogP) is 3.65. The van der Waals surface area contributed by atoms with Crippen LogP contribution >= 0.6 is 0 Å². The Kier molecular flexibility index (Phi) is 11.2. The summed E-state index contributed by atoms with van der Waals surface area (Å²) >= 11 is 0. The van der Waals surface area contributed by atoms with Crippen LogP contribution in [0.5, 0.6) is 0 Å². The monoisotopic (exact) mass is 496 g/mol. The number of rotatable bonds is 3. The van der Waals surface area contributed by atoms with Crippen LogP contribution in [0.4, 0.5) is 0 Å². The van der Waals surface area contributed by atoms with Gasteiger partial charge >= 0.3 is 31.1 Å². The number of ether oxygens (including phenoxy) is 1. The van der Waals surface area contributed by atoms with Crippen LogP contribution in [0.2, 0.25) is 0 Å². The Labute approximate surface area is 146 Å². The average Bonchev–Trinajstić information content (AvgIpc) is 2.40. The van der Waals surface area contributed by atoms with Crippen LogP contribution < -0.4 is 0 Å². The van der Waals surface area contributed by atoms with Gasteiger partial charge < -0.3 is 9.84 Å². The zero-order valence-electron chi connectivity index (χ0n) is 12.2. The topological polar surface area (TPSA) is 29.5 Å². The number of benzene rings is 1. The molecule has 3 heteroatoms. The summed E-state index contributed by atoms with van der Waals surface area (Å²) in [6, 6.07) is 10.4. The van der Waals surface area contributed by atoms with Gasteiger partial charge in [-0.05, 0) is 13.5 Å². The second kappa shape index (κ2) is 11.3. The average molecular weight is 496 g/mol. The quantitative estimate of drug-likeness (QED) is 0.648. The molecule has 2 rings (SSSR count). The van der Waals surface area contributed by atoms with Crippen molar-refractivity contribution in [3.05, 3.63) is 60.7 Å². The van der Waals surface area contributed by atoms with Gasteiger partial charge in [-0.2, -0.15) is 23.3 Å². The third-order valence-corrected chi connectivity index (χ3v) is 2.83. The standard InChI is InChI=1S/C15H17O.C2H5O.U/c1-12-9-13(7-8-16)11-15(10-12)14-5-3-2-4-6-14;1-3-2;/h2-6,9,12,16H,7-8,10H2,1H3;1H2,2H3;/q2*-1;+2. The SMILES string of the molecule is CC1C=C(CCO)[C-]=C(c2ccccc2)C1.[CH2-]OC.[U+2]. The molecular formula is C17H22O2U. The largest absolute Gasteiger partial charge is 2.00 e. The van der Waals surface area contributed by atoms with Gasteiger partial charge in [0.1, 0.15) is 0 Å². The van der Waals surface area contributed by atoms with Crippen LogP contribution in [-0.2, 0) is 4.74 Å². The summed E-state index contributed by atoms with van der Waals surface area (Å²) in [5.74, 6) is 0.540. The molecule has 0 aromatic heterocycles. The van der Waals surface area contributed by atoms with Crippen molar-refractivity contribution in [3.8, 4) is 0 Å². The van der Waals surface area contributed by atoms with Crippen molar-refractivity contribution in [2.75, 3.05) is 13.7 Å². The summed E-state index contributed by atoms with van der Waals surface area (Å²) in [6.45, 7) is 2.41. The smallest absolute Gasteiger partial charge is 0.557 e. The van der Waals surface area contributed by atoms with E-state index in [4.69, 9.17) is 5.11 Å². The molecule has 1 aliphatic rings. The molecule has 20 heavy (non-hydrogen) atoms. The second-order valence-corrected chi connectivity index (χ2v) is 4.61. The van der Waals surface area contributed by atoms with E-state index >= 15 is 0 Å². The number of aliphatic hydroxyl groups is 1. The summed E-state index contributed by atoms with van der Waals surface area (Å²) in [5, 5.41) is 8.97. The van der Waals surface area contributed by atoms with E-state index in [0.29, 0.717) is 12.3 Å². The van der Waals surface area contributed by atoms with Crippen molar-refractivity contribution in [3.63, 3.8) is 0 Å². The molecule has 106 valence electrons. The maximum atomic E-state index is 8.97. The van der Waals surface area contributed by atoms with Crippen molar-refractivity contribution in [1.29, 1.82) is 0 Å². The first kappa shape index (κ1) is 19.7. The van der Waals surface area contributed by atoms with Crippen LogP contribution in [0.1, 0.15) is 25.3 Å². The van der Waals surface area contributed by atoms with Gasteiger partial charge in [0.05, 0.1) is 0 Å². The van der Waals surface area contributed by atoms with Crippen molar-refractivity contribution >= 4 is 5.57 Å². The minimum absolute atomic E-state index is 0. The molecule has 1 aliphatic carbocycles. The molecule has 0 saturated heterocycles. The van der Waals surface area contributed by atoms with E-state index in [1.807, 2.05) is 6.07 Å². The number of hydrogen-bond acceptors (Lipinski definition) is 2. The molecule has 0 bridgehead atoms. The van der Waals surface area contributed by atoms with E-state index in [1.165, 1.54) is 18.2 Å². The Hall–Kier alpha value is -0.328. The summed E-state index contributed by atoms with van der Waals surface area (Å²) < 4.78 is 4.00. The van der Waals surface area contributed by atoms with Gasteiger partial charge in [0.2, 0.25) is 0 Å². The zero-order valence-corrected chi connectivity index (χ0v) is 16.4. The third-order valence-electron chi connectivity index (χ3n) is 2.83. The normalized spacial score (nSPS) is 17.1. The molecule has 1 aromatic carbocycles. The van der Waals surface area contributed by atoms with Crippen molar-refractivity contribution in [2.45, 2.75) is 19.8 Å². The van der Waals surface area contributed by atoms with Gasteiger partial charge in [-0.1, -0.05) is 37.5 Å². The Morgan fingerprint density at radius 1 is 1.35 bits per heavy atom. The van der Waals surface area contributed by atoms with Crippen molar-refractivity contribution in [1.82, 2.24) is 0 Å². The van der Waals surface area contributed by atoms with Gasteiger partial charge in [-0.15, -0.1) is 17.7 Å². The fraction of sp³-hybridized carbons (Fsp3) is 0.353. The van der Waals surface area contributed by atoms with E-state index in [1.54, 1.807) is 0 Å². The van der Waals surface area contributed by atoms with E-state index in [9.17, 15) is 0 Å². The molecule has 1 N–H and O–H groups in total. The molecule has 1 atom stereocenters. The van der Waals surface area contributed by atoms with Crippen molar-refractivity contribution in [2.24, 2.45) is 5.92 Å². The van der Waals surface area contributed by atoms with E-state index in [-0.39, 0.29) is 37.7 Å². The van der Waals surface area contributed by atoms with Crippen molar-refractivity contribution < 1.29 is 41.0 Å². The minimum atomic E-state index is 0. The molecule has 1 unspecified atom stereocenters. The number of allylic oxidation sites excluding steroid dienone is 3. The van der Waals surface area contributed by atoms with E-state index < -0.39 is 0 Å². The minimum Gasteiger partial charge on any atom is -0.557 e. The van der Waals surface area contributed by atoms with Crippen LogP contribution in [-0.4, -0.2) is 18.8 Å². The van der Waals surface area contributed by atoms with E-state index in [0.717, 1.165) is 12.0 Å². The molecule has 0 aliphatic heterocycles. The maximum Gasteiger partial charge on any atom is 2.00 e. The molecule has 0 amide bonds. The van der Waals surface area contributed by atoms with Gasteiger partial charge in [0.25, 0.3) is 0 Å². The molecule has 0 spiro atoms. The Morgan fingerprint density at radius 2 is 1.95 bits per heavy atom. The van der Waals surface area contributed by atoms with E-state index in [2.05, 4.69) is 55.2 Å². The second-order valence-electron chi connectivity index (χ2n) is 4.61. The number of hydrogen-bond donors (Lipinski definition) is 1. The first-order valence-electron chi connectivity index (χ1n) is 6.49. The fourth-order valence-corrected chi connectivity index (χ4v) is 2.11. The van der Waals surface area contributed by atoms with Crippen LogP contribution in [0.25, 0.3) is 5.57 Å². The maximum absolute atomic E-state index is 8.97. The first-order chi connectivity index (χ1) is 9.21. The molecule has 2 nitrogen and oxygen atoms in total. The number of methoxy groups -OCH3 is 1. The molecule has 0 saturated carbocycles. The molecular weight excluding hydrogens is 474 g/mol. The summed E-state index contributed by atoms with van der Waals surface area (Å²) in [7, 11) is 4.50. The Bertz CT molecular complexity index is 424. The van der Waals surface area contributed by atoms with Gasteiger partial charge in [0.15, 0.2) is 0 Å². The third kappa shape index (κ3) is 6.90. The predicted molar refractivity (Wildman–Crippen MR) is 79.0 cm³/mol. The number of aliphatic hydroxyl groups excluding tert-OH is 1. The molecule has 0 fully saturated rings. The van der Waals surface area contributed by atoms with Gasteiger partial charge in [0, 0.05) is 6.61 Å². The summed E-state index contributed by atoms with van der Waals surface area (Å²) in [4.78, 5) is 0. The Morgan fingerprint density at radius 3 is 2.50 bits per heavy atom. The summed E-state index contributed by atoms with van der Waals surface area (Å²) in [6.07, 6.45) is 7.38. The van der Waals surface area contributed by atoms with Crippen LogP contribution in [0.3, 0.4) is 0 Å². The zero-order chi connectivity index (χ0) is 14.1. The molecule has 0 radical (unpaired) electrons. The molecule has 1 aromatic rings.